The molecule has 4 nitrogen and oxygen atoms in total. The van der Waals surface area contributed by atoms with Crippen LogP contribution in [0.15, 0.2) is 24.3 Å². The van der Waals surface area contributed by atoms with E-state index in [1.54, 1.807) is 6.08 Å². The zero-order valence-corrected chi connectivity index (χ0v) is 17.5. The standard InChI is InChI=1S/C23H36O4/c1-5-6-17-23(2,3)21(25)16-14-18-13-15-20(24)19(18)11-9-7-8-10-12-22(26)27-4/h7,9,14,16,18-19H,5-6,8,10-13,15,17H2,1-4H3. The number of rotatable bonds is 12. The molecule has 0 aliphatic heterocycles. The molecule has 0 spiro atoms. The van der Waals surface area contributed by atoms with E-state index in [0.29, 0.717) is 25.0 Å². The number of methoxy groups -OCH3 is 1. The molecule has 2 unspecified atom stereocenters. The largest absolute Gasteiger partial charge is 0.469 e. The van der Waals surface area contributed by atoms with Crippen LogP contribution in [0.3, 0.4) is 0 Å². The Hall–Kier alpha value is -1.71. The minimum absolute atomic E-state index is 0.0235. The molecule has 1 aliphatic rings. The van der Waals surface area contributed by atoms with Gasteiger partial charge in [0.05, 0.1) is 7.11 Å². The number of unbranched alkanes of at least 4 members (excludes halogenated alkanes) is 2. The maximum absolute atomic E-state index is 12.5. The molecule has 1 rings (SSSR count). The topological polar surface area (TPSA) is 60.4 Å². The number of ketones is 2. The van der Waals surface area contributed by atoms with Gasteiger partial charge in [0.2, 0.25) is 0 Å². The van der Waals surface area contributed by atoms with E-state index >= 15 is 0 Å². The number of allylic oxidation sites excluding steroid dienone is 4. The minimum Gasteiger partial charge on any atom is -0.469 e. The number of hydrogen-bond donors (Lipinski definition) is 0. The van der Waals surface area contributed by atoms with Gasteiger partial charge < -0.3 is 4.74 Å². The van der Waals surface area contributed by atoms with E-state index in [-0.39, 0.29) is 29.0 Å². The van der Waals surface area contributed by atoms with Crippen LogP contribution >= 0.6 is 0 Å². The maximum Gasteiger partial charge on any atom is 0.305 e. The Balaban J connectivity index is 2.51. The molecule has 0 aromatic rings. The van der Waals surface area contributed by atoms with Gasteiger partial charge in [0.25, 0.3) is 0 Å². The van der Waals surface area contributed by atoms with E-state index in [0.717, 1.165) is 38.5 Å². The zero-order valence-electron chi connectivity index (χ0n) is 17.5. The lowest BCUT2D eigenvalue weighted by molar-refractivity contribution is -0.140. The van der Waals surface area contributed by atoms with Crippen LogP contribution in [-0.4, -0.2) is 24.6 Å². The molecule has 2 atom stereocenters. The molecule has 0 aromatic heterocycles. The molecular formula is C23H36O4. The fourth-order valence-corrected chi connectivity index (χ4v) is 3.48. The van der Waals surface area contributed by atoms with Crippen molar-refractivity contribution in [2.24, 2.45) is 17.3 Å². The zero-order chi connectivity index (χ0) is 20.3. The van der Waals surface area contributed by atoms with Gasteiger partial charge in [-0.25, -0.2) is 0 Å². The van der Waals surface area contributed by atoms with Crippen molar-refractivity contribution in [1.82, 2.24) is 0 Å². The van der Waals surface area contributed by atoms with Crippen molar-refractivity contribution in [1.29, 1.82) is 0 Å². The molecule has 1 fully saturated rings. The van der Waals surface area contributed by atoms with E-state index in [4.69, 9.17) is 0 Å². The fraction of sp³-hybridized carbons (Fsp3) is 0.696. The molecule has 4 heteroatoms. The van der Waals surface area contributed by atoms with Gasteiger partial charge in [0.15, 0.2) is 5.78 Å². The first-order chi connectivity index (χ1) is 12.8. The number of carbonyl (C=O) groups excluding carboxylic acids is 3. The summed E-state index contributed by atoms with van der Waals surface area (Å²) in [5.74, 6) is 0.396. The monoisotopic (exact) mass is 376 g/mol. The van der Waals surface area contributed by atoms with Crippen LogP contribution in [0.2, 0.25) is 0 Å². The van der Waals surface area contributed by atoms with Crippen molar-refractivity contribution in [3.8, 4) is 0 Å². The molecule has 0 amide bonds. The normalized spacial score (nSPS) is 20.7. The SMILES string of the molecule is CCCCC(C)(C)C(=O)C=CC1CCC(=O)C1CC=CCCCC(=O)OC. The first-order valence-electron chi connectivity index (χ1n) is 10.3. The molecule has 152 valence electrons. The van der Waals surface area contributed by atoms with Crippen molar-refractivity contribution in [2.75, 3.05) is 7.11 Å². The molecule has 27 heavy (non-hydrogen) atoms. The second-order valence-electron chi connectivity index (χ2n) is 8.16. The molecule has 0 aromatic carbocycles. The van der Waals surface area contributed by atoms with Crippen LogP contribution in [0.25, 0.3) is 0 Å². The third kappa shape index (κ3) is 8.23. The molecule has 1 saturated carbocycles. The Morgan fingerprint density at radius 1 is 1.22 bits per heavy atom. The first-order valence-corrected chi connectivity index (χ1v) is 10.3. The lowest BCUT2D eigenvalue weighted by Gasteiger charge is -2.21. The Morgan fingerprint density at radius 3 is 2.63 bits per heavy atom. The van der Waals surface area contributed by atoms with Crippen molar-refractivity contribution in [3.05, 3.63) is 24.3 Å². The van der Waals surface area contributed by atoms with E-state index in [1.807, 2.05) is 32.1 Å². The minimum atomic E-state index is -0.329. The summed E-state index contributed by atoms with van der Waals surface area (Å²) in [6.07, 6.45) is 14.9. The summed E-state index contributed by atoms with van der Waals surface area (Å²) >= 11 is 0. The fourth-order valence-electron chi connectivity index (χ4n) is 3.48. The summed E-state index contributed by atoms with van der Waals surface area (Å²) in [5, 5.41) is 0. The Labute approximate surface area is 164 Å². The maximum atomic E-state index is 12.5. The van der Waals surface area contributed by atoms with Gasteiger partial charge in [-0.1, -0.05) is 51.8 Å². The van der Waals surface area contributed by atoms with Crippen molar-refractivity contribution in [2.45, 2.75) is 78.6 Å². The number of hydrogen-bond acceptors (Lipinski definition) is 4. The van der Waals surface area contributed by atoms with E-state index in [2.05, 4.69) is 11.7 Å². The summed E-state index contributed by atoms with van der Waals surface area (Å²) in [4.78, 5) is 35.8. The van der Waals surface area contributed by atoms with Crippen LogP contribution in [0.4, 0.5) is 0 Å². The molecule has 0 radical (unpaired) electrons. The van der Waals surface area contributed by atoms with Crippen LogP contribution in [-0.2, 0) is 19.1 Å². The lowest BCUT2D eigenvalue weighted by atomic mass is 9.82. The average molecular weight is 377 g/mol. The van der Waals surface area contributed by atoms with Crippen LogP contribution < -0.4 is 0 Å². The molecule has 0 heterocycles. The van der Waals surface area contributed by atoms with Gasteiger partial charge in [-0.2, -0.15) is 0 Å². The van der Waals surface area contributed by atoms with E-state index in [1.165, 1.54) is 7.11 Å². The second kappa shape index (κ2) is 11.9. The average Bonchev–Trinajstić information content (AvgIpc) is 3.00. The van der Waals surface area contributed by atoms with Gasteiger partial charge in [-0.05, 0) is 44.1 Å². The summed E-state index contributed by atoms with van der Waals surface area (Å²) < 4.78 is 4.61. The van der Waals surface area contributed by atoms with Gasteiger partial charge in [0, 0.05) is 24.2 Å². The predicted molar refractivity (Wildman–Crippen MR) is 108 cm³/mol. The summed E-state index contributed by atoms with van der Waals surface area (Å²) in [7, 11) is 1.40. The smallest absolute Gasteiger partial charge is 0.305 e. The van der Waals surface area contributed by atoms with Gasteiger partial charge >= 0.3 is 5.97 Å². The number of carbonyl (C=O) groups is 3. The van der Waals surface area contributed by atoms with E-state index < -0.39 is 0 Å². The van der Waals surface area contributed by atoms with Gasteiger partial charge in [0.1, 0.15) is 5.78 Å². The van der Waals surface area contributed by atoms with E-state index in [9.17, 15) is 14.4 Å². The Kier molecular flexibility index (Phi) is 10.3. The molecule has 1 aliphatic carbocycles. The molecule has 0 bridgehead atoms. The van der Waals surface area contributed by atoms with Gasteiger partial charge in [-0.3, -0.25) is 14.4 Å². The summed E-state index contributed by atoms with van der Waals surface area (Å²) in [6, 6.07) is 0. The number of ether oxygens (including phenoxy) is 1. The van der Waals surface area contributed by atoms with Crippen LogP contribution in [0.5, 0.6) is 0 Å². The highest BCUT2D eigenvalue weighted by Crippen LogP contribution is 2.33. The van der Waals surface area contributed by atoms with Crippen LogP contribution in [0, 0.1) is 17.3 Å². The first kappa shape index (κ1) is 23.3. The van der Waals surface area contributed by atoms with Crippen molar-refractivity contribution >= 4 is 17.5 Å². The molecular weight excluding hydrogens is 340 g/mol. The number of Topliss-reactive ketones (excluding diaryl/α,β-unsaturated/α-hetero) is 1. The highest BCUT2D eigenvalue weighted by molar-refractivity contribution is 5.94. The lowest BCUT2D eigenvalue weighted by Crippen LogP contribution is -2.22. The van der Waals surface area contributed by atoms with Gasteiger partial charge in [-0.15, -0.1) is 0 Å². The van der Waals surface area contributed by atoms with Crippen LogP contribution in [0.1, 0.15) is 78.6 Å². The second-order valence-corrected chi connectivity index (χ2v) is 8.16. The third-order valence-corrected chi connectivity index (χ3v) is 5.51. The van der Waals surface area contributed by atoms with Crippen molar-refractivity contribution in [3.63, 3.8) is 0 Å². The molecule has 0 N–H and O–H groups in total. The summed E-state index contributed by atoms with van der Waals surface area (Å²) in [5.41, 5.74) is -0.329. The summed E-state index contributed by atoms with van der Waals surface area (Å²) in [6.45, 7) is 6.14. The quantitative estimate of drug-likeness (QED) is 0.203. The molecule has 0 saturated heterocycles. The third-order valence-electron chi connectivity index (χ3n) is 5.51. The highest BCUT2D eigenvalue weighted by Gasteiger charge is 2.32. The Bertz CT molecular complexity index is 557. The Morgan fingerprint density at radius 2 is 1.96 bits per heavy atom. The number of esters is 1. The van der Waals surface area contributed by atoms with Crippen molar-refractivity contribution < 1.29 is 19.1 Å². The predicted octanol–water partition coefficient (Wildman–Crippen LogP) is 5.21. The highest BCUT2D eigenvalue weighted by atomic mass is 16.5.